The maximum atomic E-state index is 13.6. The number of rotatable bonds is 2. The second-order valence-corrected chi connectivity index (χ2v) is 5.73. The zero-order valence-corrected chi connectivity index (χ0v) is 13.1. The van der Waals surface area contributed by atoms with Crippen LogP contribution in [0.2, 0.25) is 0 Å². The molecule has 1 N–H and O–H groups in total. The highest BCUT2D eigenvalue weighted by molar-refractivity contribution is 5.53. The Kier molecular flexibility index (Phi) is 3.61. The van der Waals surface area contributed by atoms with Gasteiger partial charge in [0.05, 0.1) is 5.69 Å². The van der Waals surface area contributed by atoms with E-state index in [0.29, 0.717) is 23.0 Å². The van der Waals surface area contributed by atoms with Crippen molar-refractivity contribution in [2.24, 2.45) is 0 Å². The van der Waals surface area contributed by atoms with Crippen LogP contribution in [-0.2, 0) is 13.0 Å². The third-order valence-electron chi connectivity index (χ3n) is 4.00. The lowest BCUT2D eigenvalue weighted by Crippen LogP contribution is -2.17. The Morgan fingerprint density at radius 3 is 2.83 bits per heavy atom. The summed E-state index contributed by atoms with van der Waals surface area (Å²) in [4.78, 5) is 9.07. The van der Waals surface area contributed by atoms with Gasteiger partial charge in [0.15, 0.2) is 17.5 Å². The minimum absolute atomic E-state index is 0.411. The first-order valence-corrected chi connectivity index (χ1v) is 7.78. The summed E-state index contributed by atoms with van der Waals surface area (Å²) in [5.41, 5.74) is 1.09. The van der Waals surface area contributed by atoms with Gasteiger partial charge in [0.25, 0.3) is 0 Å². The van der Waals surface area contributed by atoms with E-state index in [9.17, 15) is 8.78 Å². The number of aryl methyl sites for hydroxylation is 1. The van der Waals surface area contributed by atoms with Gasteiger partial charge in [-0.05, 0) is 19.1 Å². The number of hydrogen-bond acceptors (Lipinski definition) is 4. The van der Waals surface area contributed by atoms with Crippen molar-refractivity contribution < 1.29 is 8.78 Å². The minimum atomic E-state index is -0.918. The molecule has 3 heterocycles. The molecule has 2 aromatic heterocycles. The van der Waals surface area contributed by atoms with E-state index in [4.69, 9.17) is 0 Å². The van der Waals surface area contributed by atoms with Crippen LogP contribution in [0, 0.1) is 18.6 Å². The Morgan fingerprint density at radius 2 is 2.00 bits per heavy atom. The number of fused-ring (bicyclic) bond motifs is 1. The van der Waals surface area contributed by atoms with Crippen molar-refractivity contribution in [3.05, 3.63) is 47.7 Å². The summed E-state index contributed by atoms with van der Waals surface area (Å²) < 4.78 is 30.4. The maximum Gasteiger partial charge on any atom is 0.183 e. The third kappa shape index (κ3) is 2.58. The van der Waals surface area contributed by atoms with Crippen LogP contribution >= 0.6 is 0 Å². The van der Waals surface area contributed by atoms with E-state index >= 15 is 0 Å². The van der Waals surface area contributed by atoms with Crippen LogP contribution in [0.1, 0.15) is 11.6 Å². The summed E-state index contributed by atoms with van der Waals surface area (Å²) in [6.45, 7) is 4.36. The van der Waals surface area contributed by atoms with Gasteiger partial charge in [0, 0.05) is 38.3 Å². The zero-order valence-electron chi connectivity index (χ0n) is 13.1. The van der Waals surface area contributed by atoms with Gasteiger partial charge >= 0.3 is 0 Å². The lowest BCUT2D eigenvalue weighted by Gasteiger charge is -2.05. The number of aromatic nitrogens is 5. The molecule has 0 bridgehead atoms. The van der Waals surface area contributed by atoms with Crippen molar-refractivity contribution in [3.63, 3.8) is 0 Å². The molecule has 24 heavy (non-hydrogen) atoms. The Bertz CT molecular complexity index is 875. The maximum absolute atomic E-state index is 13.6. The number of hydrogen-bond donors (Lipinski definition) is 1. The summed E-state index contributed by atoms with van der Waals surface area (Å²) >= 11 is 0. The average Bonchev–Trinajstić information content (AvgIpc) is 3.07. The molecule has 0 amide bonds. The van der Waals surface area contributed by atoms with Crippen LogP contribution in [0.3, 0.4) is 0 Å². The zero-order chi connectivity index (χ0) is 16.7. The van der Waals surface area contributed by atoms with E-state index in [-0.39, 0.29) is 0 Å². The summed E-state index contributed by atoms with van der Waals surface area (Å²) in [5.74, 6) is 0.232. The SMILES string of the molecule is Cc1nc(-c2cn3c(n2)CCNCC3)n(-c2ccc(F)c(F)c2)n1. The molecule has 0 atom stereocenters. The van der Waals surface area contributed by atoms with Crippen LogP contribution in [0.4, 0.5) is 8.78 Å². The lowest BCUT2D eigenvalue weighted by molar-refractivity contribution is 0.507. The molecule has 0 saturated carbocycles. The second kappa shape index (κ2) is 5.79. The van der Waals surface area contributed by atoms with E-state index in [1.807, 2.05) is 6.20 Å². The van der Waals surface area contributed by atoms with Gasteiger partial charge in [-0.1, -0.05) is 0 Å². The number of imidazole rings is 1. The molecule has 8 heteroatoms. The molecule has 0 aliphatic carbocycles. The van der Waals surface area contributed by atoms with Crippen molar-refractivity contribution in [1.82, 2.24) is 29.6 Å². The van der Waals surface area contributed by atoms with Crippen molar-refractivity contribution in [2.75, 3.05) is 13.1 Å². The molecule has 4 rings (SSSR count). The van der Waals surface area contributed by atoms with E-state index in [1.54, 1.807) is 6.92 Å². The molecular weight excluding hydrogens is 314 g/mol. The molecule has 0 spiro atoms. The normalized spacial score (nSPS) is 14.5. The first kappa shape index (κ1) is 14.9. The molecule has 1 aromatic carbocycles. The van der Waals surface area contributed by atoms with Crippen LogP contribution in [0.15, 0.2) is 24.4 Å². The fraction of sp³-hybridized carbons (Fsp3) is 0.312. The number of benzene rings is 1. The molecule has 3 aromatic rings. The van der Waals surface area contributed by atoms with Gasteiger partial charge in [-0.3, -0.25) is 0 Å². The van der Waals surface area contributed by atoms with E-state index < -0.39 is 11.6 Å². The summed E-state index contributed by atoms with van der Waals surface area (Å²) in [6, 6.07) is 3.67. The smallest absolute Gasteiger partial charge is 0.183 e. The van der Waals surface area contributed by atoms with Gasteiger partial charge in [0.1, 0.15) is 17.3 Å². The monoisotopic (exact) mass is 330 g/mol. The van der Waals surface area contributed by atoms with E-state index in [1.165, 1.54) is 10.7 Å². The van der Waals surface area contributed by atoms with E-state index in [2.05, 4.69) is 25.0 Å². The third-order valence-corrected chi connectivity index (χ3v) is 4.00. The second-order valence-electron chi connectivity index (χ2n) is 5.73. The lowest BCUT2D eigenvalue weighted by atomic mass is 10.3. The Labute approximate surface area is 137 Å². The topological polar surface area (TPSA) is 60.6 Å². The first-order chi connectivity index (χ1) is 11.6. The van der Waals surface area contributed by atoms with Crippen LogP contribution in [0.25, 0.3) is 17.2 Å². The van der Waals surface area contributed by atoms with Crippen molar-refractivity contribution >= 4 is 0 Å². The minimum Gasteiger partial charge on any atom is -0.333 e. The molecule has 1 aliphatic rings. The number of nitrogens with zero attached hydrogens (tertiary/aromatic N) is 5. The van der Waals surface area contributed by atoms with Crippen molar-refractivity contribution in [1.29, 1.82) is 0 Å². The molecule has 1 aliphatic heterocycles. The molecule has 0 fully saturated rings. The molecule has 0 unspecified atom stereocenters. The largest absolute Gasteiger partial charge is 0.333 e. The fourth-order valence-corrected chi connectivity index (χ4v) is 2.86. The fourth-order valence-electron chi connectivity index (χ4n) is 2.86. The number of nitrogens with one attached hydrogen (secondary N) is 1. The predicted octanol–water partition coefficient (Wildman–Crippen LogP) is 1.86. The molecule has 6 nitrogen and oxygen atoms in total. The standard InChI is InChI=1S/C16H16F2N6/c1-10-20-16(14-9-23-7-6-19-5-4-15(23)21-14)24(22-10)11-2-3-12(17)13(18)8-11/h2-3,8-9,19H,4-7H2,1H3. The van der Waals surface area contributed by atoms with Crippen molar-refractivity contribution in [3.8, 4) is 17.2 Å². The Hall–Kier alpha value is -2.61. The highest BCUT2D eigenvalue weighted by atomic mass is 19.2. The highest BCUT2D eigenvalue weighted by Gasteiger charge is 2.18. The van der Waals surface area contributed by atoms with Crippen LogP contribution in [-0.4, -0.2) is 37.4 Å². The molecule has 0 radical (unpaired) electrons. The Morgan fingerprint density at radius 1 is 1.12 bits per heavy atom. The molecule has 0 saturated heterocycles. The summed E-state index contributed by atoms with van der Waals surface area (Å²) in [6.07, 6.45) is 2.76. The van der Waals surface area contributed by atoms with Gasteiger partial charge in [-0.15, -0.1) is 0 Å². The van der Waals surface area contributed by atoms with Gasteiger partial charge in [-0.2, -0.15) is 5.10 Å². The predicted molar refractivity (Wildman–Crippen MR) is 83.8 cm³/mol. The van der Waals surface area contributed by atoms with Crippen LogP contribution < -0.4 is 5.32 Å². The molecular formula is C16H16F2N6. The number of halogens is 2. The summed E-state index contributed by atoms with van der Waals surface area (Å²) in [5, 5.41) is 7.63. The van der Waals surface area contributed by atoms with Crippen LogP contribution in [0.5, 0.6) is 0 Å². The van der Waals surface area contributed by atoms with Gasteiger partial charge in [-0.25, -0.2) is 23.4 Å². The molecule has 124 valence electrons. The summed E-state index contributed by atoms with van der Waals surface area (Å²) in [7, 11) is 0. The quantitative estimate of drug-likeness (QED) is 0.779. The van der Waals surface area contributed by atoms with Crippen molar-refractivity contribution in [2.45, 2.75) is 19.9 Å². The van der Waals surface area contributed by atoms with E-state index in [0.717, 1.165) is 44.0 Å². The van der Waals surface area contributed by atoms with Gasteiger partial charge in [0.2, 0.25) is 0 Å². The first-order valence-electron chi connectivity index (χ1n) is 7.78. The highest BCUT2D eigenvalue weighted by Crippen LogP contribution is 2.22. The van der Waals surface area contributed by atoms with Gasteiger partial charge < -0.3 is 9.88 Å². The Balaban J connectivity index is 1.80. The average molecular weight is 330 g/mol.